The third kappa shape index (κ3) is 11.8. The average molecular weight is 747 g/mol. The van der Waals surface area contributed by atoms with Crippen molar-refractivity contribution in [3.8, 4) is 5.75 Å². The number of likely N-dealkylation sites (N-methyl/N-ethyl adjacent to an activating group) is 2. The highest BCUT2D eigenvalue weighted by molar-refractivity contribution is 6.03. The van der Waals surface area contributed by atoms with Crippen molar-refractivity contribution in [3.63, 3.8) is 0 Å². The molecule has 54 heavy (non-hydrogen) atoms. The summed E-state index contributed by atoms with van der Waals surface area (Å²) >= 11 is 0. The third-order valence-electron chi connectivity index (χ3n) is 8.93. The number of hydrogen-bond donors (Lipinski definition) is 4. The Morgan fingerprint density at radius 3 is 2.11 bits per heavy atom. The molecule has 0 fully saturated rings. The van der Waals surface area contributed by atoms with E-state index in [0.29, 0.717) is 36.5 Å². The zero-order valence-corrected chi connectivity index (χ0v) is 32.0. The first kappa shape index (κ1) is 41.4. The van der Waals surface area contributed by atoms with E-state index < -0.39 is 45.7 Å². The molecule has 4 N–H and O–H groups in total. The molecule has 5 amide bonds. The molecule has 6 bridgehead atoms. The number of carbonyl (C=O) groups is 5. The van der Waals surface area contributed by atoms with Crippen LogP contribution in [0.4, 0.5) is 10.1 Å². The van der Waals surface area contributed by atoms with Crippen molar-refractivity contribution < 1.29 is 38.2 Å². The summed E-state index contributed by atoms with van der Waals surface area (Å²) < 4.78 is 20.8. The molecule has 7 rings (SSSR count). The highest BCUT2D eigenvalue weighted by Gasteiger charge is 2.42. The van der Waals surface area contributed by atoms with E-state index in [1.165, 1.54) is 24.4 Å². The van der Waals surface area contributed by atoms with Crippen molar-refractivity contribution in [2.45, 2.75) is 72.6 Å². The predicted octanol–water partition coefficient (Wildman–Crippen LogP) is 4.30. The minimum atomic E-state index is -2.43. The molecule has 5 heterocycles. The molecule has 4 aliphatic heterocycles. The molecule has 2 aromatic carbocycles. The standard InChI is InChI=1S/C40H51FN6O7/c1-38(2,3)25-40(53)37(52)44-28-11-8-26(9-12-28)16-17-46(6)33(48)21-39(4,5)22-34(49)47(7)18-19-54-29-13-15-32(42-24-29)36(51)43-23-27-10-14-31(41)30(20-27)35(50)45-40/h8-15,20,24,53H,16-19,21-23,25H2,1-7H3,(H,43,51)(H,44,52)(H,45,50)/t40-/m0/s1. The van der Waals surface area contributed by atoms with Crippen molar-refractivity contribution in [1.29, 1.82) is 0 Å². The van der Waals surface area contributed by atoms with Crippen LogP contribution in [-0.4, -0.2) is 88.9 Å². The molecule has 3 aromatic rings. The summed E-state index contributed by atoms with van der Waals surface area (Å²) in [4.78, 5) is 73.4. The topological polar surface area (TPSA) is 170 Å². The fraction of sp³-hybridized carbons (Fsp3) is 0.450. The smallest absolute Gasteiger partial charge is 0.277 e. The molecule has 0 unspecified atom stereocenters. The van der Waals surface area contributed by atoms with Gasteiger partial charge in [0.25, 0.3) is 17.7 Å². The van der Waals surface area contributed by atoms with Gasteiger partial charge in [-0.2, -0.15) is 0 Å². The number of benzene rings is 2. The molecule has 0 spiro atoms. The maximum Gasteiger partial charge on any atom is 0.277 e. The molecule has 290 valence electrons. The Kier molecular flexibility index (Phi) is 13.2. The van der Waals surface area contributed by atoms with E-state index >= 15 is 4.39 Å². The van der Waals surface area contributed by atoms with Crippen LogP contribution in [0.1, 0.15) is 85.9 Å². The Hall–Kier alpha value is -5.37. The molecule has 0 saturated heterocycles. The SMILES string of the molecule is CN1CCOc2ccc(nc2)C(=O)NCc2ccc(F)c(c2)C(=O)N[C@](O)(CC(C)(C)C)C(=O)Nc2ccc(cc2)CCN(C)C(=O)CC(C)(C)CC1=O. The van der Waals surface area contributed by atoms with Crippen LogP contribution in [0.2, 0.25) is 0 Å². The van der Waals surface area contributed by atoms with Gasteiger partial charge in [-0.1, -0.05) is 52.8 Å². The van der Waals surface area contributed by atoms with Crippen molar-refractivity contribution in [3.05, 3.63) is 89.0 Å². The lowest BCUT2D eigenvalue weighted by Gasteiger charge is -2.33. The fourth-order valence-corrected chi connectivity index (χ4v) is 5.92. The van der Waals surface area contributed by atoms with E-state index in [-0.39, 0.29) is 49.9 Å². The molecule has 0 radical (unpaired) electrons. The Balaban J connectivity index is 1.59. The van der Waals surface area contributed by atoms with Gasteiger partial charge in [0.05, 0.1) is 18.3 Å². The average Bonchev–Trinajstić information content (AvgIpc) is 3.09. The molecular weight excluding hydrogens is 695 g/mol. The lowest BCUT2D eigenvalue weighted by Crippen LogP contribution is -2.58. The molecule has 14 heteroatoms. The maximum atomic E-state index is 15.0. The first-order chi connectivity index (χ1) is 25.2. The summed E-state index contributed by atoms with van der Waals surface area (Å²) in [5.74, 6) is -3.20. The fourth-order valence-electron chi connectivity index (χ4n) is 5.92. The summed E-state index contributed by atoms with van der Waals surface area (Å²) in [7, 11) is 3.38. The Morgan fingerprint density at radius 2 is 1.50 bits per heavy atom. The molecule has 4 aliphatic rings. The van der Waals surface area contributed by atoms with Crippen LogP contribution < -0.4 is 20.7 Å². The van der Waals surface area contributed by atoms with Gasteiger partial charge in [-0.25, -0.2) is 9.37 Å². The van der Waals surface area contributed by atoms with E-state index in [9.17, 15) is 29.1 Å². The number of carbonyl (C=O) groups excluding carboxylic acids is 5. The van der Waals surface area contributed by atoms with Crippen LogP contribution in [0.5, 0.6) is 5.75 Å². The normalized spacial score (nSPS) is 20.1. The number of aliphatic hydroxyl groups is 1. The maximum absolute atomic E-state index is 15.0. The van der Waals surface area contributed by atoms with Gasteiger partial charge in [0.1, 0.15) is 23.9 Å². The van der Waals surface area contributed by atoms with Crippen LogP contribution >= 0.6 is 0 Å². The minimum absolute atomic E-state index is 0.0797. The van der Waals surface area contributed by atoms with Gasteiger partial charge in [0.15, 0.2) is 0 Å². The largest absolute Gasteiger partial charge is 0.490 e. The van der Waals surface area contributed by atoms with E-state index in [4.69, 9.17) is 4.74 Å². The molecule has 1 atom stereocenters. The number of pyridine rings is 1. The summed E-state index contributed by atoms with van der Waals surface area (Å²) in [6.45, 7) is 9.91. The number of halogens is 1. The molecule has 1 aromatic heterocycles. The number of amides is 5. The van der Waals surface area contributed by atoms with Gasteiger partial charge in [-0.05, 0) is 64.8 Å². The number of ether oxygens (including phenoxy) is 1. The summed E-state index contributed by atoms with van der Waals surface area (Å²) in [5.41, 5.74) is -2.40. The van der Waals surface area contributed by atoms with Crippen LogP contribution in [0.15, 0.2) is 60.8 Å². The van der Waals surface area contributed by atoms with Gasteiger partial charge in [-0.15, -0.1) is 0 Å². The second kappa shape index (κ2) is 17.2. The second-order valence-electron chi connectivity index (χ2n) is 15.8. The number of hydrogen-bond acceptors (Lipinski definition) is 8. The van der Waals surface area contributed by atoms with Gasteiger partial charge in [-0.3, -0.25) is 24.0 Å². The van der Waals surface area contributed by atoms with Gasteiger partial charge in [0, 0.05) is 52.1 Å². The van der Waals surface area contributed by atoms with Crippen molar-refractivity contribution in [2.24, 2.45) is 10.8 Å². The number of anilines is 1. The zero-order chi connectivity index (χ0) is 39.8. The number of nitrogens with zero attached hydrogens (tertiary/aromatic N) is 3. The van der Waals surface area contributed by atoms with Crippen LogP contribution in [0.25, 0.3) is 0 Å². The number of nitrogens with one attached hydrogen (secondary N) is 3. The van der Waals surface area contributed by atoms with E-state index in [1.54, 1.807) is 75.0 Å². The van der Waals surface area contributed by atoms with Crippen LogP contribution in [0.3, 0.4) is 0 Å². The molecular formula is C40H51FN6O7. The Bertz CT molecular complexity index is 1840. The van der Waals surface area contributed by atoms with E-state index in [2.05, 4.69) is 20.9 Å². The summed E-state index contributed by atoms with van der Waals surface area (Å²) in [6.07, 6.45) is 2.03. The van der Waals surface area contributed by atoms with Crippen molar-refractivity contribution in [1.82, 2.24) is 25.4 Å². The first-order valence-corrected chi connectivity index (χ1v) is 17.8. The predicted molar refractivity (Wildman–Crippen MR) is 201 cm³/mol. The highest BCUT2D eigenvalue weighted by atomic mass is 19.1. The van der Waals surface area contributed by atoms with E-state index in [1.807, 2.05) is 13.8 Å². The monoisotopic (exact) mass is 746 g/mol. The quantitative estimate of drug-likeness (QED) is 0.286. The van der Waals surface area contributed by atoms with Gasteiger partial charge >= 0.3 is 0 Å². The molecule has 0 aliphatic carbocycles. The highest BCUT2D eigenvalue weighted by Crippen LogP contribution is 2.29. The first-order valence-electron chi connectivity index (χ1n) is 17.8. The van der Waals surface area contributed by atoms with Crippen molar-refractivity contribution >= 4 is 35.2 Å². The van der Waals surface area contributed by atoms with Gasteiger partial charge < -0.3 is 35.6 Å². The van der Waals surface area contributed by atoms with Gasteiger partial charge in [0.2, 0.25) is 17.5 Å². The molecule has 0 saturated carbocycles. The van der Waals surface area contributed by atoms with Crippen LogP contribution in [0, 0.1) is 16.6 Å². The summed E-state index contributed by atoms with van der Waals surface area (Å²) in [6, 6.07) is 13.6. The zero-order valence-electron chi connectivity index (χ0n) is 32.0. The minimum Gasteiger partial charge on any atom is -0.490 e. The Labute approximate surface area is 315 Å². The van der Waals surface area contributed by atoms with E-state index in [0.717, 1.165) is 11.6 Å². The van der Waals surface area contributed by atoms with Crippen LogP contribution in [-0.2, 0) is 27.3 Å². The van der Waals surface area contributed by atoms with Crippen molar-refractivity contribution in [2.75, 3.05) is 39.1 Å². The lowest BCUT2D eigenvalue weighted by atomic mass is 9.84. The third-order valence-corrected chi connectivity index (χ3v) is 8.93. The number of rotatable bonds is 1. The molecule has 13 nitrogen and oxygen atoms in total. The number of aromatic nitrogens is 1. The lowest BCUT2D eigenvalue weighted by molar-refractivity contribution is -0.140. The summed E-state index contributed by atoms with van der Waals surface area (Å²) in [5, 5.41) is 19.3. The second-order valence-corrected chi connectivity index (χ2v) is 15.8. The Morgan fingerprint density at radius 1 is 0.870 bits per heavy atom.